The standard InChI is InChI=1S/C17H23N3O2S/c18-15(21)11-23-16-14(6-3-8-19-16)17(22)20-9-7-12-4-1-2-5-13(12)10-20/h3,6,8,12-13H,1-2,4-5,7,9-11H2,(H2,18,21)/t12-,13-/m0/s1. The van der Waals surface area contributed by atoms with E-state index in [0.717, 1.165) is 25.4 Å². The summed E-state index contributed by atoms with van der Waals surface area (Å²) in [6.07, 6.45) is 7.94. The normalized spacial score (nSPS) is 24.1. The van der Waals surface area contributed by atoms with Crippen molar-refractivity contribution in [3.05, 3.63) is 23.9 Å². The Morgan fingerprint density at radius 1 is 1.26 bits per heavy atom. The summed E-state index contributed by atoms with van der Waals surface area (Å²) in [5.41, 5.74) is 5.79. The van der Waals surface area contributed by atoms with Crippen molar-refractivity contribution in [2.24, 2.45) is 17.6 Å². The molecule has 124 valence electrons. The maximum atomic E-state index is 12.9. The van der Waals surface area contributed by atoms with E-state index in [0.29, 0.717) is 16.5 Å². The van der Waals surface area contributed by atoms with Crippen molar-refractivity contribution in [1.29, 1.82) is 0 Å². The summed E-state index contributed by atoms with van der Waals surface area (Å²) in [7, 11) is 0. The van der Waals surface area contributed by atoms with Crippen LogP contribution in [0.25, 0.3) is 0 Å². The van der Waals surface area contributed by atoms with Crippen molar-refractivity contribution in [3.8, 4) is 0 Å². The summed E-state index contributed by atoms with van der Waals surface area (Å²) in [5.74, 6) is 1.23. The average molecular weight is 333 g/mol. The lowest BCUT2D eigenvalue weighted by Gasteiger charge is -2.41. The number of thioether (sulfide) groups is 1. The first-order valence-corrected chi connectivity index (χ1v) is 9.29. The number of nitrogens with two attached hydrogens (primary N) is 1. The van der Waals surface area contributed by atoms with Crippen LogP contribution in [0.15, 0.2) is 23.4 Å². The van der Waals surface area contributed by atoms with Gasteiger partial charge in [-0.25, -0.2) is 4.98 Å². The number of carbonyl (C=O) groups excluding carboxylic acids is 2. The number of rotatable bonds is 4. The fourth-order valence-electron chi connectivity index (χ4n) is 3.76. The van der Waals surface area contributed by atoms with Gasteiger partial charge in [0, 0.05) is 19.3 Å². The molecular weight excluding hydrogens is 310 g/mol. The van der Waals surface area contributed by atoms with Gasteiger partial charge in [0.05, 0.1) is 11.3 Å². The monoisotopic (exact) mass is 333 g/mol. The third-order valence-electron chi connectivity index (χ3n) is 4.93. The summed E-state index contributed by atoms with van der Waals surface area (Å²) in [5, 5.41) is 0.599. The molecule has 2 amide bonds. The number of hydrogen-bond donors (Lipinski definition) is 1. The van der Waals surface area contributed by atoms with E-state index in [9.17, 15) is 9.59 Å². The van der Waals surface area contributed by atoms with E-state index in [4.69, 9.17) is 5.73 Å². The molecule has 1 aliphatic heterocycles. The highest BCUT2D eigenvalue weighted by Gasteiger charge is 2.33. The molecule has 0 radical (unpaired) electrons. The zero-order valence-corrected chi connectivity index (χ0v) is 14.1. The minimum atomic E-state index is -0.401. The summed E-state index contributed by atoms with van der Waals surface area (Å²) < 4.78 is 0. The number of primary amides is 1. The van der Waals surface area contributed by atoms with Gasteiger partial charge in [-0.3, -0.25) is 9.59 Å². The first-order valence-electron chi connectivity index (χ1n) is 8.30. The molecule has 2 N–H and O–H groups in total. The molecule has 23 heavy (non-hydrogen) atoms. The van der Waals surface area contributed by atoms with Gasteiger partial charge in [-0.05, 0) is 36.8 Å². The van der Waals surface area contributed by atoms with Gasteiger partial charge in [0.2, 0.25) is 5.91 Å². The van der Waals surface area contributed by atoms with E-state index in [1.807, 2.05) is 4.90 Å². The molecule has 1 aromatic rings. The zero-order valence-electron chi connectivity index (χ0n) is 13.2. The van der Waals surface area contributed by atoms with Crippen molar-refractivity contribution in [1.82, 2.24) is 9.88 Å². The molecule has 0 aromatic carbocycles. The van der Waals surface area contributed by atoms with Gasteiger partial charge in [-0.15, -0.1) is 0 Å². The molecule has 1 saturated heterocycles. The topological polar surface area (TPSA) is 76.3 Å². The molecule has 0 unspecified atom stereocenters. The number of carbonyl (C=O) groups is 2. The summed E-state index contributed by atoms with van der Waals surface area (Å²) in [6.45, 7) is 1.69. The quantitative estimate of drug-likeness (QED) is 0.858. The van der Waals surface area contributed by atoms with E-state index < -0.39 is 5.91 Å². The average Bonchev–Trinajstić information content (AvgIpc) is 2.59. The molecule has 0 spiro atoms. The van der Waals surface area contributed by atoms with Gasteiger partial charge < -0.3 is 10.6 Å². The van der Waals surface area contributed by atoms with Crippen LogP contribution in [0.1, 0.15) is 42.5 Å². The van der Waals surface area contributed by atoms with Crippen molar-refractivity contribution in [2.75, 3.05) is 18.8 Å². The third-order valence-corrected chi connectivity index (χ3v) is 5.96. The first kappa shape index (κ1) is 16.3. The largest absolute Gasteiger partial charge is 0.369 e. The number of aromatic nitrogens is 1. The van der Waals surface area contributed by atoms with Gasteiger partial charge in [0.1, 0.15) is 5.03 Å². The van der Waals surface area contributed by atoms with Gasteiger partial charge >= 0.3 is 0 Å². The number of fused-ring (bicyclic) bond motifs is 1. The Balaban J connectivity index is 1.71. The molecule has 5 nitrogen and oxygen atoms in total. The SMILES string of the molecule is NC(=O)CSc1ncccc1C(=O)N1CC[C@@H]2CCCC[C@H]2C1. The van der Waals surface area contributed by atoms with E-state index in [2.05, 4.69) is 4.98 Å². The van der Waals surface area contributed by atoms with Crippen LogP contribution in [0.3, 0.4) is 0 Å². The summed E-state index contributed by atoms with van der Waals surface area (Å²) in [6, 6.07) is 3.57. The van der Waals surface area contributed by atoms with Crippen LogP contribution in [0, 0.1) is 11.8 Å². The Kier molecular flexibility index (Phi) is 5.20. The van der Waals surface area contributed by atoms with E-state index >= 15 is 0 Å². The van der Waals surface area contributed by atoms with Crippen molar-refractivity contribution >= 4 is 23.6 Å². The number of likely N-dealkylation sites (tertiary alicyclic amines) is 1. The highest BCUT2D eigenvalue weighted by Crippen LogP contribution is 2.36. The maximum Gasteiger partial charge on any atom is 0.256 e. The van der Waals surface area contributed by atoms with Crippen molar-refractivity contribution in [3.63, 3.8) is 0 Å². The summed E-state index contributed by atoms with van der Waals surface area (Å²) in [4.78, 5) is 30.1. The fourth-order valence-corrected chi connectivity index (χ4v) is 4.49. The molecule has 6 heteroatoms. The molecular formula is C17H23N3O2S. The Morgan fingerprint density at radius 3 is 2.83 bits per heavy atom. The number of nitrogens with zero attached hydrogens (tertiary/aromatic N) is 2. The molecule has 2 atom stereocenters. The molecule has 1 aromatic heterocycles. The van der Waals surface area contributed by atoms with Crippen LogP contribution in [0.2, 0.25) is 0 Å². The second-order valence-electron chi connectivity index (χ2n) is 6.46. The van der Waals surface area contributed by atoms with Crippen LogP contribution in [-0.4, -0.2) is 40.5 Å². The number of amides is 2. The molecule has 0 bridgehead atoms. The second kappa shape index (κ2) is 7.34. The highest BCUT2D eigenvalue weighted by molar-refractivity contribution is 8.00. The molecule has 2 aliphatic rings. The van der Waals surface area contributed by atoms with Gasteiger partial charge in [-0.1, -0.05) is 31.0 Å². The Labute approximate surface area is 141 Å². The number of hydrogen-bond acceptors (Lipinski definition) is 4. The lowest BCUT2D eigenvalue weighted by Crippen LogP contribution is -2.44. The van der Waals surface area contributed by atoms with Crippen LogP contribution in [0.5, 0.6) is 0 Å². The Morgan fingerprint density at radius 2 is 2.04 bits per heavy atom. The minimum Gasteiger partial charge on any atom is -0.369 e. The van der Waals surface area contributed by atoms with Crippen LogP contribution >= 0.6 is 11.8 Å². The first-order chi connectivity index (χ1) is 11.1. The lowest BCUT2D eigenvalue weighted by molar-refractivity contribution is -0.115. The second-order valence-corrected chi connectivity index (χ2v) is 7.42. The Bertz CT molecular complexity index is 593. The van der Waals surface area contributed by atoms with Crippen LogP contribution < -0.4 is 5.73 Å². The lowest BCUT2D eigenvalue weighted by atomic mass is 9.75. The Hall–Kier alpha value is -1.56. The minimum absolute atomic E-state index is 0.0362. The predicted molar refractivity (Wildman–Crippen MR) is 90.1 cm³/mol. The maximum absolute atomic E-state index is 12.9. The molecule has 2 fully saturated rings. The van der Waals surface area contributed by atoms with Crippen LogP contribution in [0.4, 0.5) is 0 Å². The van der Waals surface area contributed by atoms with E-state index in [1.165, 1.54) is 37.4 Å². The van der Waals surface area contributed by atoms with Crippen LogP contribution in [-0.2, 0) is 4.79 Å². The van der Waals surface area contributed by atoms with Crippen molar-refractivity contribution < 1.29 is 9.59 Å². The zero-order chi connectivity index (χ0) is 16.2. The van der Waals surface area contributed by atoms with Gasteiger partial charge in [0.25, 0.3) is 5.91 Å². The third kappa shape index (κ3) is 3.86. The van der Waals surface area contributed by atoms with Gasteiger partial charge in [0.15, 0.2) is 0 Å². The smallest absolute Gasteiger partial charge is 0.256 e. The fraction of sp³-hybridized carbons (Fsp3) is 0.588. The number of pyridine rings is 1. The molecule has 3 rings (SSSR count). The number of piperidine rings is 1. The predicted octanol–water partition coefficient (Wildman–Crippen LogP) is 2.31. The highest BCUT2D eigenvalue weighted by atomic mass is 32.2. The van der Waals surface area contributed by atoms with E-state index in [-0.39, 0.29) is 11.7 Å². The van der Waals surface area contributed by atoms with E-state index in [1.54, 1.807) is 18.3 Å². The van der Waals surface area contributed by atoms with Gasteiger partial charge in [-0.2, -0.15) is 0 Å². The molecule has 1 saturated carbocycles. The summed E-state index contributed by atoms with van der Waals surface area (Å²) >= 11 is 1.24. The molecule has 1 aliphatic carbocycles. The molecule has 2 heterocycles. The van der Waals surface area contributed by atoms with Crippen molar-refractivity contribution in [2.45, 2.75) is 37.1 Å².